The van der Waals surface area contributed by atoms with Crippen LogP contribution in [0.25, 0.3) is 10.8 Å². The first-order valence-corrected chi connectivity index (χ1v) is 6.85. The highest BCUT2D eigenvalue weighted by molar-refractivity contribution is 6.04. The topological polar surface area (TPSA) is 27.3 Å². The zero-order chi connectivity index (χ0) is 13.1. The van der Waals surface area contributed by atoms with E-state index in [1.165, 1.54) is 33.4 Å². The summed E-state index contributed by atoms with van der Waals surface area (Å²) in [5, 5.41) is 8.39. The van der Waals surface area contributed by atoms with Crippen molar-refractivity contribution in [2.45, 2.75) is 6.17 Å². The van der Waals surface area contributed by atoms with Crippen LogP contribution < -0.4 is 15.8 Å². The Morgan fingerprint density at radius 1 is 0.800 bits per heavy atom. The molecule has 5 rings (SSSR count). The lowest BCUT2D eigenvalue weighted by atomic mass is 10.1. The molecule has 2 N–H and O–H groups in total. The van der Waals surface area contributed by atoms with Gasteiger partial charge >= 0.3 is 0 Å². The molecule has 1 unspecified atom stereocenters. The van der Waals surface area contributed by atoms with Crippen LogP contribution in [0, 0.1) is 0 Å². The number of hydrogen-bond acceptors (Lipinski definition) is 3. The maximum absolute atomic E-state index is 3.61. The van der Waals surface area contributed by atoms with E-state index in [2.05, 4.69) is 76.4 Å². The number of rotatable bonds is 0. The van der Waals surface area contributed by atoms with Crippen LogP contribution >= 0.6 is 0 Å². The molecule has 0 amide bonds. The van der Waals surface area contributed by atoms with Gasteiger partial charge in [-0.3, -0.25) is 10.4 Å². The highest BCUT2D eigenvalue weighted by atomic mass is 15.6. The minimum absolute atomic E-state index is 0.187. The Morgan fingerprint density at radius 3 is 2.65 bits per heavy atom. The second kappa shape index (κ2) is 3.45. The predicted octanol–water partition coefficient (Wildman–Crippen LogP) is 4.11. The summed E-state index contributed by atoms with van der Waals surface area (Å²) in [7, 11) is 0. The van der Waals surface area contributed by atoms with Crippen LogP contribution in [0.3, 0.4) is 0 Å². The van der Waals surface area contributed by atoms with Crippen molar-refractivity contribution in [3.63, 3.8) is 0 Å². The quantitative estimate of drug-likeness (QED) is 0.636. The summed E-state index contributed by atoms with van der Waals surface area (Å²) in [5.74, 6) is 0. The number of nitrogens with zero attached hydrogens (tertiary/aromatic N) is 1. The Bertz CT molecular complexity index is 841. The summed E-state index contributed by atoms with van der Waals surface area (Å²) in [6.07, 6.45) is 0.187. The van der Waals surface area contributed by atoms with Crippen LogP contribution in [0.5, 0.6) is 0 Å². The number of para-hydroxylation sites is 1. The van der Waals surface area contributed by atoms with Crippen molar-refractivity contribution in [1.29, 1.82) is 0 Å². The lowest BCUT2D eigenvalue weighted by Crippen LogP contribution is -2.26. The summed E-state index contributed by atoms with van der Waals surface area (Å²) in [4.78, 5) is 0. The first-order chi connectivity index (χ1) is 9.92. The van der Waals surface area contributed by atoms with Gasteiger partial charge in [-0.1, -0.05) is 48.5 Å². The van der Waals surface area contributed by atoms with E-state index < -0.39 is 0 Å². The highest BCUT2D eigenvalue weighted by Crippen LogP contribution is 2.49. The third-order valence-electron chi connectivity index (χ3n) is 4.19. The maximum atomic E-state index is 3.61. The normalized spacial score (nSPS) is 18.2. The van der Waals surface area contributed by atoms with Crippen molar-refractivity contribution in [3.8, 4) is 0 Å². The van der Waals surface area contributed by atoms with Gasteiger partial charge in [-0.15, -0.1) is 0 Å². The molecule has 0 bridgehead atoms. The van der Waals surface area contributed by atoms with Crippen LogP contribution in [-0.2, 0) is 0 Å². The zero-order valence-electron chi connectivity index (χ0n) is 10.8. The third-order valence-corrected chi connectivity index (χ3v) is 4.19. The molecular weight excluding hydrogens is 246 g/mol. The fourth-order valence-corrected chi connectivity index (χ4v) is 3.28. The van der Waals surface area contributed by atoms with Crippen molar-refractivity contribution >= 4 is 27.8 Å². The molecule has 3 aromatic carbocycles. The molecule has 3 aromatic rings. The monoisotopic (exact) mass is 259 g/mol. The Balaban J connectivity index is 1.76. The number of nitrogens with one attached hydrogen (secondary N) is 2. The fourth-order valence-electron chi connectivity index (χ4n) is 3.28. The van der Waals surface area contributed by atoms with Crippen LogP contribution in [-0.4, -0.2) is 0 Å². The number of anilines is 3. The molecule has 0 saturated heterocycles. The molecule has 0 aromatic heterocycles. The summed E-state index contributed by atoms with van der Waals surface area (Å²) < 4.78 is 0. The number of hydrazine groups is 1. The highest BCUT2D eigenvalue weighted by Gasteiger charge is 2.37. The van der Waals surface area contributed by atoms with Crippen LogP contribution in [0.4, 0.5) is 17.1 Å². The Kier molecular flexibility index (Phi) is 1.75. The van der Waals surface area contributed by atoms with E-state index >= 15 is 0 Å². The average Bonchev–Trinajstić information content (AvgIpc) is 3.03. The van der Waals surface area contributed by atoms with Crippen molar-refractivity contribution < 1.29 is 0 Å². The fraction of sp³-hybridized carbons (Fsp3) is 0.0588. The Hall–Kier alpha value is -2.68. The number of hydrogen-bond donors (Lipinski definition) is 2. The van der Waals surface area contributed by atoms with E-state index in [1.54, 1.807) is 0 Å². The van der Waals surface area contributed by atoms with E-state index in [0.29, 0.717) is 0 Å². The number of fused-ring (bicyclic) bond motifs is 7. The van der Waals surface area contributed by atoms with Gasteiger partial charge in [0.2, 0.25) is 0 Å². The van der Waals surface area contributed by atoms with Gasteiger partial charge < -0.3 is 5.32 Å². The van der Waals surface area contributed by atoms with Crippen LogP contribution in [0.1, 0.15) is 11.7 Å². The van der Waals surface area contributed by atoms with Gasteiger partial charge in [0.05, 0.1) is 17.1 Å². The molecule has 0 radical (unpaired) electrons. The lowest BCUT2D eigenvalue weighted by Gasteiger charge is -2.19. The predicted molar refractivity (Wildman–Crippen MR) is 82.9 cm³/mol. The second-order valence-electron chi connectivity index (χ2n) is 5.30. The summed E-state index contributed by atoms with van der Waals surface area (Å²) in [6.45, 7) is 0. The SMILES string of the molecule is c1ccc2c(c1)NN1c3c(ccc4ccccc34)NC21. The molecule has 96 valence electrons. The number of benzene rings is 3. The molecule has 2 aliphatic heterocycles. The van der Waals surface area contributed by atoms with E-state index in [-0.39, 0.29) is 6.17 Å². The largest absolute Gasteiger partial charge is 0.358 e. The van der Waals surface area contributed by atoms with Gasteiger partial charge in [0, 0.05) is 10.9 Å². The van der Waals surface area contributed by atoms with E-state index in [9.17, 15) is 0 Å². The van der Waals surface area contributed by atoms with Gasteiger partial charge in [0.1, 0.15) is 6.17 Å². The van der Waals surface area contributed by atoms with E-state index in [4.69, 9.17) is 0 Å². The first-order valence-electron chi connectivity index (χ1n) is 6.85. The van der Waals surface area contributed by atoms with Gasteiger partial charge in [-0.05, 0) is 17.5 Å². The molecule has 0 spiro atoms. The molecule has 2 aliphatic rings. The smallest absolute Gasteiger partial charge is 0.147 e. The summed E-state index contributed by atoms with van der Waals surface area (Å²) in [5.41, 5.74) is 8.43. The molecular formula is C17H13N3. The molecule has 0 fully saturated rings. The van der Waals surface area contributed by atoms with Crippen LogP contribution in [0.2, 0.25) is 0 Å². The zero-order valence-corrected chi connectivity index (χ0v) is 10.8. The minimum atomic E-state index is 0.187. The van der Waals surface area contributed by atoms with Gasteiger partial charge in [-0.25, -0.2) is 0 Å². The Morgan fingerprint density at radius 2 is 1.65 bits per heavy atom. The van der Waals surface area contributed by atoms with E-state index in [1.807, 2.05) is 0 Å². The minimum Gasteiger partial charge on any atom is -0.358 e. The van der Waals surface area contributed by atoms with Gasteiger partial charge in [0.15, 0.2) is 0 Å². The maximum Gasteiger partial charge on any atom is 0.147 e. The van der Waals surface area contributed by atoms with Crippen molar-refractivity contribution in [3.05, 3.63) is 66.2 Å². The molecule has 0 saturated carbocycles. The average molecular weight is 259 g/mol. The second-order valence-corrected chi connectivity index (χ2v) is 5.30. The van der Waals surface area contributed by atoms with Crippen LogP contribution in [0.15, 0.2) is 60.7 Å². The van der Waals surface area contributed by atoms with E-state index in [0.717, 1.165) is 0 Å². The standard InChI is InChI=1S/C17H13N3/c1-2-6-12-11(5-1)9-10-15-16(12)20-17(18-15)13-7-3-4-8-14(13)19-20/h1-10,17-19H. The molecule has 1 atom stereocenters. The molecule has 2 heterocycles. The summed E-state index contributed by atoms with van der Waals surface area (Å²) >= 11 is 0. The summed E-state index contributed by atoms with van der Waals surface area (Å²) in [6, 6.07) is 21.3. The first kappa shape index (κ1) is 10.1. The third kappa shape index (κ3) is 1.15. The molecule has 3 heteroatoms. The van der Waals surface area contributed by atoms with Crippen molar-refractivity contribution in [1.82, 2.24) is 0 Å². The van der Waals surface area contributed by atoms with Crippen molar-refractivity contribution in [2.24, 2.45) is 0 Å². The van der Waals surface area contributed by atoms with Gasteiger partial charge in [-0.2, -0.15) is 0 Å². The van der Waals surface area contributed by atoms with Crippen molar-refractivity contribution in [2.75, 3.05) is 15.8 Å². The Labute approximate surface area is 116 Å². The molecule has 20 heavy (non-hydrogen) atoms. The lowest BCUT2D eigenvalue weighted by molar-refractivity contribution is 0.835. The van der Waals surface area contributed by atoms with Gasteiger partial charge in [0.25, 0.3) is 0 Å². The molecule has 0 aliphatic carbocycles. The molecule has 3 nitrogen and oxygen atoms in total.